The highest BCUT2D eigenvalue weighted by atomic mass is 32.1. The lowest BCUT2D eigenvalue weighted by molar-refractivity contribution is 0.537. The summed E-state index contributed by atoms with van der Waals surface area (Å²) < 4.78 is 0. The number of nitrogens with two attached hydrogens (primary N) is 1. The molecule has 0 atom stereocenters. The lowest BCUT2D eigenvalue weighted by atomic mass is 10.1. The topological polar surface area (TPSA) is 42.2 Å². The van der Waals surface area contributed by atoms with E-state index in [2.05, 4.69) is 37.7 Å². The van der Waals surface area contributed by atoms with Crippen LogP contribution in [0.25, 0.3) is 0 Å². The van der Waals surface area contributed by atoms with Crippen LogP contribution in [0.15, 0.2) is 0 Å². The third-order valence-electron chi connectivity index (χ3n) is 2.36. The molecule has 1 aromatic rings. The van der Waals surface area contributed by atoms with Gasteiger partial charge in [-0.05, 0) is 27.7 Å². The van der Waals surface area contributed by atoms with E-state index < -0.39 is 0 Å². The molecule has 0 aliphatic rings. The van der Waals surface area contributed by atoms with Crippen LogP contribution in [-0.2, 0) is 6.54 Å². The number of aryl methyl sites for hydroxylation is 1. The quantitative estimate of drug-likeness (QED) is 0.818. The van der Waals surface area contributed by atoms with Crippen LogP contribution in [0.4, 0.5) is 5.13 Å². The molecule has 1 rings (SSSR count). The second-order valence-electron chi connectivity index (χ2n) is 4.44. The van der Waals surface area contributed by atoms with E-state index in [1.807, 2.05) is 6.92 Å². The van der Waals surface area contributed by atoms with Gasteiger partial charge in [0.1, 0.15) is 0 Å². The largest absolute Gasteiger partial charge is 0.346 e. The Morgan fingerprint density at radius 1 is 1.43 bits per heavy atom. The number of rotatable bonds is 2. The Hall–Kier alpha value is -0.610. The predicted molar refractivity (Wildman–Crippen MR) is 62.9 cm³/mol. The van der Waals surface area contributed by atoms with Crippen LogP contribution in [0.2, 0.25) is 0 Å². The van der Waals surface area contributed by atoms with Gasteiger partial charge in [0.2, 0.25) is 0 Å². The molecule has 0 unspecified atom stereocenters. The fourth-order valence-electron chi connectivity index (χ4n) is 1.03. The maximum Gasteiger partial charge on any atom is 0.185 e. The average molecular weight is 213 g/mol. The van der Waals surface area contributed by atoms with E-state index in [9.17, 15) is 0 Å². The number of hydrogen-bond acceptors (Lipinski definition) is 4. The molecule has 0 spiro atoms. The van der Waals surface area contributed by atoms with Crippen molar-refractivity contribution < 1.29 is 0 Å². The second kappa shape index (κ2) is 3.87. The van der Waals surface area contributed by atoms with Gasteiger partial charge in [-0.3, -0.25) is 0 Å². The van der Waals surface area contributed by atoms with E-state index in [4.69, 9.17) is 5.73 Å². The van der Waals surface area contributed by atoms with Crippen molar-refractivity contribution in [3.05, 3.63) is 10.6 Å². The molecular weight excluding hydrogens is 194 g/mol. The Morgan fingerprint density at radius 3 is 2.36 bits per heavy atom. The van der Waals surface area contributed by atoms with E-state index in [-0.39, 0.29) is 5.54 Å². The summed E-state index contributed by atoms with van der Waals surface area (Å²) in [5.41, 5.74) is 6.79. The zero-order valence-electron chi connectivity index (χ0n) is 9.59. The molecule has 0 saturated heterocycles. The summed E-state index contributed by atoms with van der Waals surface area (Å²) in [5.74, 6) is 0. The normalized spacial score (nSPS) is 11.9. The molecule has 1 aromatic heterocycles. The summed E-state index contributed by atoms with van der Waals surface area (Å²) in [6.45, 7) is 9.11. The third kappa shape index (κ3) is 2.25. The summed E-state index contributed by atoms with van der Waals surface area (Å²) in [4.78, 5) is 7.87. The molecule has 0 aliphatic heterocycles. The molecule has 0 aromatic carbocycles. The van der Waals surface area contributed by atoms with Crippen molar-refractivity contribution in [2.24, 2.45) is 5.73 Å². The molecule has 0 amide bonds. The van der Waals surface area contributed by atoms with Gasteiger partial charge < -0.3 is 10.6 Å². The highest BCUT2D eigenvalue weighted by Crippen LogP contribution is 2.28. The van der Waals surface area contributed by atoms with Crippen LogP contribution in [0, 0.1) is 6.92 Å². The summed E-state index contributed by atoms with van der Waals surface area (Å²) in [6, 6.07) is 0. The van der Waals surface area contributed by atoms with Gasteiger partial charge in [-0.1, -0.05) is 0 Å². The van der Waals surface area contributed by atoms with Gasteiger partial charge in [0.15, 0.2) is 5.13 Å². The standard InChI is InChI=1S/C10H19N3S/c1-7-8(6-11)14-9(12-7)13(5)10(2,3)4/h6,11H2,1-5H3. The van der Waals surface area contributed by atoms with Crippen LogP contribution in [0.1, 0.15) is 31.3 Å². The first kappa shape index (κ1) is 11.5. The molecule has 1 heterocycles. The fraction of sp³-hybridized carbons (Fsp3) is 0.700. The molecule has 80 valence electrons. The van der Waals surface area contributed by atoms with Crippen molar-refractivity contribution in [2.75, 3.05) is 11.9 Å². The van der Waals surface area contributed by atoms with Gasteiger partial charge >= 0.3 is 0 Å². The second-order valence-corrected chi connectivity index (χ2v) is 5.50. The molecule has 3 nitrogen and oxygen atoms in total. The Kier molecular flexibility index (Phi) is 3.17. The number of thiazole rings is 1. The summed E-state index contributed by atoms with van der Waals surface area (Å²) in [6.07, 6.45) is 0. The first-order chi connectivity index (χ1) is 6.36. The maximum atomic E-state index is 5.63. The molecule has 2 N–H and O–H groups in total. The minimum absolute atomic E-state index is 0.107. The third-order valence-corrected chi connectivity index (χ3v) is 3.62. The van der Waals surface area contributed by atoms with Crippen LogP contribution in [-0.4, -0.2) is 17.6 Å². The van der Waals surface area contributed by atoms with Crippen LogP contribution in [0.5, 0.6) is 0 Å². The van der Waals surface area contributed by atoms with Crippen molar-refractivity contribution in [2.45, 2.75) is 39.8 Å². The van der Waals surface area contributed by atoms with E-state index >= 15 is 0 Å². The van der Waals surface area contributed by atoms with Crippen molar-refractivity contribution in [1.82, 2.24) is 4.98 Å². The van der Waals surface area contributed by atoms with Gasteiger partial charge in [-0.2, -0.15) is 0 Å². The lowest BCUT2D eigenvalue weighted by Crippen LogP contribution is -2.37. The molecule has 0 saturated carbocycles. The average Bonchev–Trinajstić information content (AvgIpc) is 2.43. The number of nitrogens with zero attached hydrogens (tertiary/aromatic N) is 2. The lowest BCUT2D eigenvalue weighted by Gasteiger charge is -2.31. The summed E-state index contributed by atoms with van der Waals surface area (Å²) in [5, 5.41) is 1.05. The zero-order chi connectivity index (χ0) is 10.9. The minimum atomic E-state index is 0.107. The Balaban J connectivity index is 2.97. The number of aromatic nitrogens is 1. The van der Waals surface area contributed by atoms with Gasteiger partial charge in [-0.25, -0.2) is 4.98 Å². The predicted octanol–water partition coefficient (Wildman–Crippen LogP) is 2.14. The molecule has 0 radical (unpaired) electrons. The monoisotopic (exact) mass is 213 g/mol. The summed E-state index contributed by atoms with van der Waals surface area (Å²) in [7, 11) is 2.07. The van der Waals surface area contributed by atoms with E-state index in [1.165, 1.54) is 4.88 Å². The Bertz CT molecular complexity index is 312. The highest BCUT2D eigenvalue weighted by Gasteiger charge is 2.20. The van der Waals surface area contributed by atoms with Crippen molar-refractivity contribution in [3.63, 3.8) is 0 Å². The van der Waals surface area contributed by atoms with Crippen molar-refractivity contribution in [1.29, 1.82) is 0 Å². The van der Waals surface area contributed by atoms with Crippen LogP contribution < -0.4 is 10.6 Å². The molecule has 0 aliphatic carbocycles. The first-order valence-corrected chi connectivity index (χ1v) is 5.58. The Labute approximate surface area is 89.9 Å². The molecule has 14 heavy (non-hydrogen) atoms. The fourth-order valence-corrected chi connectivity index (χ4v) is 2.12. The van der Waals surface area contributed by atoms with E-state index in [0.717, 1.165) is 10.8 Å². The molecule has 0 fully saturated rings. The molecule has 0 bridgehead atoms. The zero-order valence-corrected chi connectivity index (χ0v) is 10.4. The minimum Gasteiger partial charge on any atom is -0.346 e. The van der Waals surface area contributed by atoms with Crippen LogP contribution >= 0.6 is 11.3 Å². The van der Waals surface area contributed by atoms with Gasteiger partial charge in [0.25, 0.3) is 0 Å². The van der Waals surface area contributed by atoms with Gasteiger partial charge in [0, 0.05) is 24.0 Å². The van der Waals surface area contributed by atoms with Crippen LogP contribution in [0.3, 0.4) is 0 Å². The maximum absolute atomic E-state index is 5.63. The van der Waals surface area contributed by atoms with Crippen molar-refractivity contribution in [3.8, 4) is 0 Å². The summed E-state index contributed by atoms with van der Waals surface area (Å²) >= 11 is 1.68. The van der Waals surface area contributed by atoms with Gasteiger partial charge in [-0.15, -0.1) is 11.3 Å². The number of hydrogen-bond donors (Lipinski definition) is 1. The first-order valence-electron chi connectivity index (χ1n) is 4.76. The van der Waals surface area contributed by atoms with E-state index in [1.54, 1.807) is 11.3 Å². The molecule has 4 heteroatoms. The van der Waals surface area contributed by atoms with Crippen molar-refractivity contribution >= 4 is 16.5 Å². The smallest absolute Gasteiger partial charge is 0.185 e. The number of anilines is 1. The SMILES string of the molecule is Cc1nc(N(C)C(C)(C)C)sc1CN. The van der Waals surface area contributed by atoms with Gasteiger partial charge in [0.05, 0.1) is 5.69 Å². The molecular formula is C10H19N3S. The highest BCUT2D eigenvalue weighted by molar-refractivity contribution is 7.15. The van der Waals surface area contributed by atoms with E-state index in [0.29, 0.717) is 6.54 Å². The Morgan fingerprint density at radius 2 is 2.00 bits per heavy atom.